The van der Waals surface area contributed by atoms with Gasteiger partial charge >= 0.3 is 0 Å². The molecule has 1 aliphatic rings. The first-order chi connectivity index (χ1) is 11.2. The van der Waals surface area contributed by atoms with Crippen LogP contribution in [-0.2, 0) is 6.42 Å². The van der Waals surface area contributed by atoms with E-state index in [1.54, 1.807) is 24.3 Å². The van der Waals surface area contributed by atoms with Crippen molar-refractivity contribution in [2.45, 2.75) is 6.42 Å². The lowest BCUT2D eigenvalue weighted by Gasteiger charge is -2.13. The molecule has 1 aliphatic heterocycles. The minimum Gasteiger partial charge on any atom is -0.349 e. The fourth-order valence-electron chi connectivity index (χ4n) is 3.08. The molecule has 0 radical (unpaired) electrons. The number of hydrogen-bond donors (Lipinski definition) is 1. The number of nitrogens with one attached hydrogen (secondary N) is 1. The number of carbonyl (C=O) groups is 2. The van der Waals surface area contributed by atoms with Gasteiger partial charge in [-0.05, 0) is 46.1 Å². The van der Waals surface area contributed by atoms with Crippen molar-refractivity contribution in [2.75, 3.05) is 6.54 Å². The molecule has 3 aromatic rings. The highest BCUT2D eigenvalue weighted by molar-refractivity contribution is 9.10. The summed E-state index contributed by atoms with van der Waals surface area (Å²) in [5.41, 5.74) is 3.11. The number of aromatic nitrogens is 1. The fourth-order valence-corrected chi connectivity index (χ4v) is 3.70. The van der Waals surface area contributed by atoms with Crippen LogP contribution in [0.25, 0.3) is 10.9 Å². The second-order valence-corrected chi connectivity index (χ2v) is 6.31. The van der Waals surface area contributed by atoms with Crippen LogP contribution in [0.2, 0.25) is 0 Å². The van der Waals surface area contributed by atoms with E-state index in [0.717, 1.165) is 21.1 Å². The Balaban J connectivity index is 1.62. The average Bonchev–Trinajstić information content (AvgIpc) is 3.01. The Labute approximate surface area is 141 Å². The highest BCUT2D eigenvalue weighted by Gasteiger charge is 2.34. The second kappa shape index (κ2) is 5.35. The van der Waals surface area contributed by atoms with E-state index in [1.165, 1.54) is 4.90 Å². The number of imide groups is 1. The van der Waals surface area contributed by atoms with Gasteiger partial charge in [0.1, 0.15) is 0 Å². The van der Waals surface area contributed by atoms with Gasteiger partial charge in [0.15, 0.2) is 0 Å². The molecule has 0 unspecified atom stereocenters. The molecule has 4 rings (SSSR count). The van der Waals surface area contributed by atoms with Gasteiger partial charge in [-0.25, -0.2) is 0 Å². The van der Waals surface area contributed by atoms with Crippen LogP contribution >= 0.6 is 15.9 Å². The van der Waals surface area contributed by atoms with Gasteiger partial charge in [-0.1, -0.05) is 30.3 Å². The SMILES string of the molecule is O=C1c2ccccc2C(=O)N1CCc1c(Br)[nH]c2ccccc12. The molecule has 0 saturated carbocycles. The lowest BCUT2D eigenvalue weighted by Crippen LogP contribution is -2.31. The van der Waals surface area contributed by atoms with E-state index in [9.17, 15) is 9.59 Å². The Morgan fingerprint density at radius 1 is 0.913 bits per heavy atom. The van der Waals surface area contributed by atoms with Crippen molar-refractivity contribution in [1.29, 1.82) is 0 Å². The molecular formula is C18H13BrN2O2. The Hall–Kier alpha value is -2.40. The Kier molecular flexibility index (Phi) is 3.31. The topological polar surface area (TPSA) is 53.2 Å². The summed E-state index contributed by atoms with van der Waals surface area (Å²) in [6, 6.07) is 15.0. The molecule has 4 nitrogen and oxygen atoms in total. The molecule has 114 valence electrons. The molecule has 0 aliphatic carbocycles. The third-order valence-electron chi connectivity index (χ3n) is 4.23. The zero-order valence-corrected chi connectivity index (χ0v) is 13.8. The van der Waals surface area contributed by atoms with Gasteiger partial charge in [-0.15, -0.1) is 0 Å². The first-order valence-corrected chi connectivity index (χ1v) is 8.16. The summed E-state index contributed by atoms with van der Waals surface area (Å²) in [5, 5.41) is 1.11. The molecule has 1 aromatic heterocycles. The number of hydrogen-bond acceptors (Lipinski definition) is 2. The van der Waals surface area contributed by atoms with Crippen LogP contribution in [0.1, 0.15) is 26.3 Å². The minimum absolute atomic E-state index is 0.207. The maximum atomic E-state index is 12.4. The van der Waals surface area contributed by atoms with Crippen molar-refractivity contribution < 1.29 is 9.59 Å². The van der Waals surface area contributed by atoms with Crippen LogP contribution in [0.15, 0.2) is 53.1 Å². The molecule has 0 saturated heterocycles. The second-order valence-electron chi connectivity index (χ2n) is 5.52. The summed E-state index contributed by atoms with van der Waals surface area (Å²) in [4.78, 5) is 29.4. The summed E-state index contributed by atoms with van der Waals surface area (Å²) >= 11 is 3.53. The van der Waals surface area contributed by atoms with Crippen molar-refractivity contribution in [3.05, 3.63) is 69.8 Å². The molecular weight excluding hydrogens is 356 g/mol. The monoisotopic (exact) mass is 368 g/mol. The normalized spacial score (nSPS) is 13.9. The van der Waals surface area contributed by atoms with E-state index in [2.05, 4.69) is 20.9 Å². The Bertz CT molecular complexity index is 910. The first-order valence-electron chi connectivity index (χ1n) is 7.37. The first kappa shape index (κ1) is 14.2. The van der Waals surface area contributed by atoms with E-state index in [1.807, 2.05) is 24.3 Å². The molecule has 2 amide bonds. The summed E-state index contributed by atoms with van der Waals surface area (Å²) in [6.07, 6.45) is 0.607. The van der Waals surface area contributed by atoms with Crippen LogP contribution in [0.4, 0.5) is 0 Å². The molecule has 2 aromatic carbocycles. The number of halogens is 1. The van der Waals surface area contributed by atoms with Crippen LogP contribution in [0.5, 0.6) is 0 Å². The highest BCUT2D eigenvalue weighted by atomic mass is 79.9. The van der Waals surface area contributed by atoms with E-state index in [4.69, 9.17) is 0 Å². The minimum atomic E-state index is -0.207. The lowest BCUT2D eigenvalue weighted by molar-refractivity contribution is 0.0656. The summed E-state index contributed by atoms with van der Waals surface area (Å²) in [7, 11) is 0. The number of benzene rings is 2. The largest absolute Gasteiger partial charge is 0.349 e. The van der Waals surface area contributed by atoms with Gasteiger partial charge in [-0.2, -0.15) is 0 Å². The van der Waals surface area contributed by atoms with Gasteiger partial charge < -0.3 is 4.98 Å². The van der Waals surface area contributed by atoms with Gasteiger partial charge in [0.25, 0.3) is 11.8 Å². The molecule has 0 fully saturated rings. The highest BCUT2D eigenvalue weighted by Crippen LogP contribution is 2.28. The van der Waals surface area contributed by atoms with Crippen LogP contribution in [0, 0.1) is 0 Å². The number of aromatic amines is 1. The molecule has 0 atom stereocenters. The third-order valence-corrected chi connectivity index (χ3v) is 4.90. The fraction of sp³-hybridized carbons (Fsp3) is 0.111. The standard InChI is InChI=1S/C18H13BrN2O2/c19-16-12(11-5-3-4-8-15(11)20-16)9-10-21-17(22)13-6-1-2-7-14(13)18(21)23/h1-8,20H,9-10H2. The van der Waals surface area contributed by atoms with E-state index in [-0.39, 0.29) is 11.8 Å². The predicted octanol–water partition coefficient (Wildman–Crippen LogP) is 3.77. The van der Waals surface area contributed by atoms with E-state index in [0.29, 0.717) is 24.1 Å². The number of nitrogens with zero attached hydrogens (tertiary/aromatic N) is 1. The molecule has 5 heteroatoms. The summed E-state index contributed by atoms with van der Waals surface area (Å²) < 4.78 is 0.898. The number of para-hydroxylation sites is 1. The zero-order valence-electron chi connectivity index (χ0n) is 12.2. The average molecular weight is 369 g/mol. The van der Waals surface area contributed by atoms with Crippen molar-refractivity contribution in [2.24, 2.45) is 0 Å². The molecule has 0 bridgehead atoms. The maximum Gasteiger partial charge on any atom is 0.261 e. The lowest BCUT2D eigenvalue weighted by atomic mass is 10.1. The van der Waals surface area contributed by atoms with Crippen LogP contribution in [-0.4, -0.2) is 28.2 Å². The number of amides is 2. The molecule has 1 N–H and O–H groups in total. The summed E-state index contributed by atoms with van der Waals surface area (Å²) in [5.74, 6) is -0.414. The van der Waals surface area contributed by atoms with Gasteiger partial charge in [-0.3, -0.25) is 14.5 Å². The number of fused-ring (bicyclic) bond motifs is 2. The van der Waals surface area contributed by atoms with Gasteiger partial charge in [0, 0.05) is 17.4 Å². The Morgan fingerprint density at radius 2 is 1.52 bits per heavy atom. The zero-order chi connectivity index (χ0) is 16.0. The maximum absolute atomic E-state index is 12.4. The predicted molar refractivity (Wildman–Crippen MR) is 91.5 cm³/mol. The van der Waals surface area contributed by atoms with Gasteiger partial charge in [0.2, 0.25) is 0 Å². The van der Waals surface area contributed by atoms with E-state index >= 15 is 0 Å². The third kappa shape index (κ3) is 2.19. The van der Waals surface area contributed by atoms with Crippen LogP contribution in [0.3, 0.4) is 0 Å². The van der Waals surface area contributed by atoms with Crippen LogP contribution < -0.4 is 0 Å². The molecule has 0 spiro atoms. The van der Waals surface area contributed by atoms with Crippen molar-refractivity contribution in [3.63, 3.8) is 0 Å². The number of H-pyrrole nitrogens is 1. The van der Waals surface area contributed by atoms with E-state index < -0.39 is 0 Å². The number of rotatable bonds is 3. The Morgan fingerprint density at radius 3 is 2.22 bits per heavy atom. The van der Waals surface area contributed by atoms with Gasteiger partial charge in [0.05, 0.1) is 15.7 Å². The van der Waals surface area contributed by atoms with Crippen molar-refractivity contribution in [3.8, 4) is 0 Å². The number of carbonyl (C=O) groups excluding carboxylic acids is 2. The van der Waals surface area contributed by atoms with Crippen molar-refractivity contribution >= 4 is 38.6 Å². The molecule has 2 heterocycles. The van der Waals surface area contributed by atoms with Crippen molar-refractivity contribution in [1.82, 2.24) is 9.88 Å². The quantitative estimate of drug-likeness (QED) is 0.715. The molecule has 23 heavy (non-hydrogen) atoms. The summed E-state index contributed by atoms with van der Waals surface area (Å²) in [6.45, 7) is 0.368. The smallest absolute Gasteiger partial charge is 0.261 e.